The van der Waals surface area contributed by atoms with E-state index in [0.29, 0.717) is 11.6 Å². The highest BCUT2D eigenvalue weighted by molar-refractivity contribution is 7.99. The van der Waals surface area contributed by atoms with E-state index < -0.39 is 10.9 Å². The van der Waals surface area contributed by atoms with Crippen molar-refractivity contribution in [2.45, 2.75) is 13.0 Å². The third kappa shape index (κ3) is 3.75. The van der Waals surface area contributed by atoms with Gasteiger partial charge in [-0.05, 0) is 19.1 Å². The van der Waals surface area contributed by atoms with Gasteiger partial charge < -0.3 is 10.0 Å². The van der Waals surface area contributed by atoms with Gasteiger partial charge >= 0.3 is 5.97 Å². The summed E-state index contributed by atoms with van der Waals surface area (Å²) in [6.07, 6.45) is 2.42. The monoisotopic (exact) mass is 308 g/mol. The molecular formula is C14H16N2O4S. The van der Waals surface area contributed by atoms with Crippen LogP contribution in [0, 0.1) is 10.1 Å². The first-order valence-corrected chi connectivity index (χ1v) is 7.68. The number of carbonyl (C=O) groups is 1. The molecule has 6 nitrogen and oxygen atoms in total. The number of thioether (sulfide) groups is 1. The first-order chi connectivity index (χ1) is 9.99. The van der Waals surface area contributed by atoms with E-state index in [2.05, 4.69) is 11.8 Å². The van der Waals surface area contributed by atoms with Crippen molar-refractivity contribution in [1.29, 1.82) is 0 Å². The summed E-state index contributed by atoms with van der Waals surface area (Å²) in [5.74, 6) is 0.900. The second-order valence-electron chi connectivity index (χ2n) is 4.79. The molecule has 1 aromatic carbocycles. The molecule has 0 aliphatic carbocycles. The molecule has 112 valence electrons. The third-order valence-electron chi connectivity index (χ3n) is 3.30. The zero-order valence-electron chi connectivity index (χ0n) is 11.6. The van der Waals surface area contributed by atoms with E-state index in [4.69, 9.17) is 5.11 Å². The SMILES string of the molecule is CC1CSCCN1c1ccc([N+](=O)[O-])cc1C=CC(=O)O. The Hall–Kier alpha value is -2.02. The van der Waals surface area contributed by atoms with E-state index in [0.717, 1.165) is 29.8 Å². The predicted octanol–water partition coefficient (Wildman–Crippen LogP) is 2.63. The van der Waals surface area contributed by atoms with Crippen LogP contribution in [0.5, 0.6) is 0 Å². The average Bonchev–Trinajstić information content (AvgIpc) is 2.45. The quantitative estimate of drug-likeness (QED) is 0.523. The number of nitro benzene ring substituents is 1. The molecule has 0 amide bonds. The highest BCUT2D eigenvalue weighted by Crippen LogP contribution is 2.30. The lowest BCUT2D eigenvalue weighted by Crippen LogP contribution is -2.40. The number of non-ortho nitro benzene ring substituents is 1. The van der Waals surface area contributed by atoms with Crippen molar-refractivity contribution >= 4 is 35.2 Å². The third-order valence-corrected chi connectivity index (χ3v) is 4.49. The number of rotatable bonds is 4. The molecule has 1 N–H and O–H groups in total. The van der Waals surface area contributed by atoms with Crippen molar-refractivity contribution in [1.82, 2.24) is 0 Å². The maximum absolute atomic E-state index is 10.9. The molecule has 1 aromatic rings. The summed E-state index contributed by atoms with van der Waals surface area (Å²) >= 11 is 1.87. The first-order valence-electron chi connectivity index (χ1n) is 6.53. The lowest BCUT2D eigenvalue weighted by Gasteiger charge is -2.36. The summed E-state index contributed by atoms with van der Waals surface area (Å²) in [5, 5.41) is 19.7. The minimum atomic E-state index is -1.07. The van der Waals surface area contributed by atoms with Gasteiger partial charge in [0.2, 0.25) is 0 Å². The van der Waals surface area contributed by atoms with E-state index in [1.807, 2.05) is 11.8 Å². The maximum atomic E-state index is 10.9. The van der Waals surface area contributed by atoms with Gasteiger partial charge in [0.25, 0.3) is 5.69 Å². The van der Waals surface area contributed by atoms with E-state index in [9.17, 15) is 14.9 Å². The number of anilines is 1. The van der Waals surface area contributed by atoms with Crippen LogP contribution in [0.2, 0.25) is 0 Å². The van der Waals surface area contributed by atoms with Crippen molar-refractivity contribution < 1.29 is 14.8 Å². The molecule has 0 bridgehead atoms. The highest BCUT2D eigenvalue weighted by Gasteiger charge is 2.22. The first kappa shape index (κ1) is 15.4. The molecule has 2 rings (SSSR count). The van der Waals surface area contributed by atoms with Crippen molar-refractivity contribution in [3.05, 3.63) is 40.0 Å². The van der Waals surface area contributed by atoms with Crippen LogP contribution in [0.4, 0.5) is 11.4 Å². The molecule has 1 saturated heterocycles. The van der Waals surface area contributed by atoms with Gasteiger partial charge in [0.05, 0.1) is 4.92 Å². The van der Waals surface area contributed by atoms with Crippen molar-refractivity contribution in [3.8, 4) is 0 Å². The minimum absolute atomic E-state index is 0.0390. The molecule has 1 aliphatic heterocycles. The zero-order chi connectivity index (χ0) is 15.4. The van der Waals surface area contributed by atoms with Crippen LogP contribution in [-0.4, -0.2) is 40.1 Å². The summed E-state index contributed by atoms with van der Waals surface area (Å²) < 4.78 is 0. The molecule has 0 spiro atoms. The van der Waals surface area contributed by atoms with Gasteiger partial charge in [-0.25, -0.2) is 4.79 Å². The Morgan fingerprint density at radius 3 is 2.95 bits per heavy atom. The number of nitro groups is 1. The van der Waals surface area contributed by atoms with E-state index in [-0.39, 0.29) is 5.69 Å². The normalized spacial score (nSPS) is 18.9. The zero-order valence-corrected chi connectivity index (χ0v) is 12.4. The minimum Gasteiger partial charge on any atom is -0.478 e. The number of carboxylic acid groups (broad SMARTS) is 1. The molecule has 1 aliphatic rings. The standard InChI is InChI=1S/C14H16N2O4S/c1-10-9-21-7-6-15(10)13-4-3-12(16(19)20)8-11(13)2-5-14(17)18/h2-5,8,10H,6-7,9H2,1H3,(H,17,18). The number of benzene rings is 1. The summed E-state index contributed by atoms with van der Waals surface area (Å²) in [6.45, 7) is 2.94. The number of aliphatic carboxylic acids is 1. The molecule has 1 fully saturated rings. The summed E-state index contributed by atoms with van der Waals surface area (Å²) in [7, 11) is 0. The van der Waals surface area contributed by atoms with E-state index in [1.165, 1.54) is 18.2 Å². The van der Waals surface area contributed by atoms with Gasteiger partial charge in [-0.3, -0.25) is 10.1 Å². The summed E-state index contributed by atoms with van der Waals surface area (Å²) in [6, 6.07) is 4.89. The molecule has 0 aromatic heterocycles. The Bertz CT molecular complexity index is 588. The van der Waals surface area contributed by atoms with Crippen LogP contribution in [0.1, 0.15) is 12.5 Å². The smallest absolute Gasteiger partial charge is 0.328 e. The second-order valence-corrected chi connectivity index (χ2v) is 5.94. The van der Waals surface area contributed by atoms with Crippen LogP contribution in [0.3, 0.4) is 0 Å². The number of hydrogen-bond donors (Lipinski definition) is 1. The van der Waals surface area contributed by atoms with Crippen molar-refractivity contribution in [2.24, 2.45) is 0 Å². The second kappa shape index (κ2) is 6.62. The Labute approximate surface area is 126 Å². The highest BCUT2D eigenvalue weighted by atomic mass is 32.2. The van der Waals surface area contributed by atoms with Gasteiger partial charge in [0.15, 0.2) is 0 Å². The van der Waals surface area contributed by atoms with Gasteiger partial charge in [-0.1, -0.05) is 0 Å². The van der Waals surface area contributed by atoms with Crippen molar-refractivity contribution in [2.75, 3.05) is 23.0 Å². The number of hydrogen-bond acceptors (Lipinski definition) is 5. The Morgan fingerprint density at radius 1 is 1.57 bits per heavy atom. The number of nitrogens with zero attached hydrogens (tertiary/aromatic N) is 2. The molecule has 1 atom stereocenters. The van der Waals surface area contributed by atoms with Crippen LogP contribution in [0.15, 0.2) is 24.3 Å². The number of carboxylic acids is 1. The fraction of sp³-hybridized carbons (Fsp3) is 0.357. The molecule has 1 unspecified atom stereocenters. The lowest BCUT2D eigenvalue weighted by molar-refractivity contribution is -0.384. The van der Waals surface area contributed by atoms with Gasteiger partial charge in [-0.2, -0.15) is 11.8 Å². The fourth-order valence-corrected chi connectivity index (χ4v) is 3.31. The van der Waals surface area contributed by atoms with Gasteiger partial charge in [0.1, 0.15) is 0 Å². The predicted molar refractivity (Wildman–Crippen MR) is 83.9 cm³/mol. The van der Waals surface area contributed by atoms with Crippen LogP contribution >= 0.6 is 11.8 Å². The molecule has 7 heteroatoms. The lowest BCUT2D eigenvalue weighted by atomic mass is 10.1. The van der Waals surface area contributed by atoms with Crippen LogP contribution < -0.4 is 4.90 Å². The fourth-order valence-electron chi connectivity index (χ4n) is 2.30. The Morgan fingerprint density at radius 2 is 2.33 bits per heavy atom. The van der Waals surface area contributed by atoms with Crippen molar-refractivity contribution in [3.63, 3.8) is 0 Å². The molecule has 21 heavy (non-hydrogen) atoms. The topological polar surface area (TPSA) is 83.7 Å². The van der Waals surface area contributed by atoms with Gasteiger partial charge in [0, 0.05) is 53.6 Å². The average molecular weight is 308 g/mol. The van der Waals surface area contributed by atoms with Gasteiger partial charge in [-0.15, -0.1) is 0 Å². The van der Waals surface area contributed by atoms with Crippen LogP contribution in [0.25, 0.3) is 6.08 Å². The summed E-state index contributed by atoms with van der Waals surface area (Å²) in [5.41, 5.74) is 1.36. The Balaban J connectivity index is 2.43. The largest absolute Gasteiger partial charge is 0.478 e. The van der Waals surface area contributed by atoms with E-state index in [1.54, 1.807) is 6.07 Å². The molecular weight excluding hydrogens is 292 g/mol. The van der Waals surface area contributed by atoms with Crippen LogP contribution in [-0.2, 0) is 4.79 Å². The molecule has 1 heterocycles. The Kier molecular flexibility index (Phi) is 4.85. The summed E-state index contributed by atoms with van der Waals surface area (Å²) in [4.78, 5) is 23.3. The molecule has 0 radical (unpaired) electrons. The maximum Gasteiger partial charge on any atom is 0.328 e. The molecule has 0 saturated carbocycles. The van der Waals surface area contributed by atoms with E-state index >= 15 is 0 Å².